The molecule has 0 aliphatic carbocycles. The van der Waals surface area contributed by atoms with Crippen LogP contribution in [0.3, 0.4) is 0 Å². The van der Waals surface area contributed by atoms with E-state index in [9.17, 15) is 9.59 Å². The monoisotopic (exact) mass is 395 g/mol. The fourth-order valence-corrected chi connectivity index (χ4v) is 3.77. The lowest BCUT2D eigenvalue weighted by Crippen LogP contribution is -2.51. The van der Waals surface area contributed by atoms with E-state index in [2.05, 4.69) is 13.8 Å². The molecular weight excluding hydrogens is 366 g/mol. The molecule has 5 heteroatoms. The van der Waals surface area contributed by atoms with Crippen molar-refractivity contribution >= 4 is 11.9 Å². The van der Waals surface area contributed by atoms with Gasteiger partial charge in [0.25, 0.3) is 5.91 Å². The van der Waals surface area contributed by atoms with Crippen molar-refractivity contribution in [1.82, 2.24) is 4.90 Å². The van der Waals surface area contributed by atoms with Gasteiger partial charge in [0.15, 0.2) is 6.10 Å². The number of hydrogen-bond donors (Lipinski definition) is 0. The van der Waals surface area contributed by atoms with Crippen LogP contribution in [0, 0.1) is 0 Å². The first-order valence-electron chi connectivity index (χ1n) is 10.3. The third kappa shape index (κ3) is 5.37. The van der Waals surface area contributed by atoms with Gasteiger partial charge in [0.05, 0.1) is 5.56 Å². The number of amides is 1. The average Bonchev–Trinajstić information content (AvgIpc) is 2.73. The second kappa shape index (κ2) is 9.59. The Kier molecular flexibility index (Phi) is 6.91. The van der Waals surface area contributed by atoms with Crippen LogP contribution in [-0.4, -0.2) is 35.0 Å². The van der Waals surface area contributed by atoms with Crippen LogP contribution in [0.1, 0.15) is 56.0 Å². The minimum Gasteiger partial charge on any atom is -0.489 e. The van der Waals surface area contributed by atoms with Crippen LogP contribution in [0.4, 0.5) is 0 Å². The number of hydrogen-bond acceptors (Lipinski definition) is 4. The Morgan fingerprint density at radius 1 is 1.00 bits per heavy atom. The van der Waals surface area contributed by atoms with E-state index in [1.807, 2.05) is 35.2 Å². The maximum atomic E-state index is 12.8. The topological polar surface area (TPSA) is 55.8 Å². The van der Waals surface area contributed by atoms with Gasteiger partial charge in [-0.3, -0.25) is 4.79 Å². The highest BCUT2D eigenvalue weighted by molar-refractivity contribution is 5.92. The van der Waals surface area contributed by atoms with Crippen molar-refractivity contribution in [2.75, 3.05) is 0 Å². The van der Waals surface area contributed by atoms with Crippen LogP contribution >= 0.6 is 0 Å². The summed E-state index contributed by atoms with van der Waals surface area (Å²) in [6.45, 7) is 6.21. The zero-order valence-corrected chi connectivity index (χ0v) is 17.3. The number of likely N-dealkylation sites (tertiary alicyclic amines) is 1. The predicted octanol–water partition coefficient (Wildman–Crippen LogP) is 4.60. The number of carbonyl (C=O) groups is 2. The van der Waals surface area contributed by atoms with Gasteiger partial charge in [-0.1, -0.05) is 30.3 Å². The molecule has 1 aliphatic heterocycles. The Morgan fingerprint density at radius 2 is 1.62 bits per heavy atom. The van der Waals surface area contributed by atoms with Crippen molar-refractivity contribution in [3.05, 3.63) is 65.7 Å². The molecule has 0 aromatic heterocycles. The summed E-state index contributed by atoms with van der Waals surface area (Å²) in [6, 6.07) is 17.0. The van der Waals surface area contributed by atoms with E-state index < -0.39 is 12.1 Å². The van der Waals surface area contributed by atoms with E-state index in [1.165, 1.54) is 0 Å². The summed E-state index contributed by atoms with van der Waals surface area (Å²) in [4.78, 5) is 27.1. The molecule has 2 aromatic rings. The molecule has 0 N–H and O–H groups in total. The minimum atomic E-state index is -0.806. The van der Waals surface area contributed by atoms with Crippen LogP contribution in [-0.2, 0) is 16.1 Å². The highest BCUT2D eigenvalue weighted by atomic mass is 16.5. The molecule has 1 heterocycles. The molecule has 29 heavy (non-hydrogen) atoms. The zero-order valence-electron chi connectivity index (χ0n) is 17.3. The Labute approximate surface area is 172 Å². The summed E-state index contributed by atoms with van der Waals surface area (Å²) in [5.74, 6) is 0.0455. The molecule has 1 aliphatic rings. The fraction of sp³-hybridized carbons (Fsp3) is 0.417. The average molecular weight is 395 g/mol. The van der Waals surface area contributed by atoms with Crippen LogP contribution in [0.2, 0.25) is 0 Å². The number of piperidine rings is 1. The molecule has 5 nitrogen and oxygen atoms in total. The molecule has 3 atom stereocenters. The van der Waals surface area contributed by atoms with Gasteiger partial charge in [0.1, 0.15) is 12.4 Å². The molecule has 0 saturated carbocycles. The second-order valence-corrected chi connectivity index (χ2v) is 7.72. The van der Waals surface area contributed by atoms with E-state index in [0.717, 1.165) is 24.8 Å². The van der Waals surface area contributed by atoms with E-state index in [1.54, 1.807) is 31.2 Å². The lowest BCUT2D eigenvalue weighted by molar-refractivity contribution is -0.146. The number of benzene rings is 2. The third-order valence-electron chi connectivity index (χ3n) is 5.42. The van der Waals surface area contributed by atoms with Gasteiger partial charge >= 0.3 is 5.97 Å². The molecule has 0 unspecified atom stereocenters. The van der Waals surface area contributed by atoms with Crippen LogP contribution in [0.25, 0.3) is 0 Å². The quantitative estimate of drug-likeness (QED) is 0.671. The Bertz CT molecular complexity index is 809. The third-order valence-corrected chi connectivity index (χ3v) is 5.42. The largest absolute Gasteiger partial charge is 0.489 e. The summed E-state index contributed by atoms with van der Waals surface area (Å²) >= 11 is 0. The predicted molar refractivity (Wildman–Crippen MR) is 112 cm³/mol. The first kappa shape index (κ1) is 20.9. The fourth-order valence-electron chi connectivity index (χ4n) is 3.77. The molecule has 1 fully saturated rings. The zero-order chi connectivity index (χ0) is 20.8. The van der Waals surface area contributed by atoms with Crippen molar-refractivity contribution in [2.24, 2.45) is 0 Å². The van der Waals surface area contributed by atoms with E-state index in [4.69, 9.17) is 9.47 Å². The highest BCUT2D eigenvalue weighted by Gasteiger charge is 2.33. The molecule has 0 radical (unpaired) electrons. The van der Waals surface area contributed by atoms with Crippen LogP contribution in [0.15, 0.2) is 54.6 Å². The van der Waals surface area contributed by atoms with Gasteiger partial charge in [0, 0.05) is 12.1 Å². The SMILES string of the molecule is C[C@@H]1CCC[C@@H](C)N1C(=O)[C@@H](C)OC(=O)c1ccc(OCc2ccccc2)cc1. The maximum Gasteiger partial charge on any atom is 0.338 e. The van der Waals surface area contributed by atoms with Gasteiger partial charge in [-0.05, 0) is 69.9 Å². The Hall–Kier alpha value is -2.82. The molecular formula is C24H29NO4. The van der Waals surface area contributed by atoms with Crippen molar-refractivity contribution in [3.8, 4) is 5.75 Å². The van der Waals surface area contributed by atoms with Crippen molar-refractivity contribution < 1.29 is 19.1 Å². The Balaban J connectivity index is 1.55. The summed E-state index contributed by atoms with van der Waals surface area (Å²) in [5.41, 5.74) is 1.47. The van der Waals surface area contributed by atoms with E-state index in [-0.39, 0.29) is 18.0 Å². The summed E-state index contributed by atoms with van der Waals surface area (Å²) < 4.78 is 11.2. The number of esters is 1. The second-order valence-electron chi connectivity index (χ2n) is 7.72. The van der Waals surface area contributed by atoms with Gasteiger partial charge in [-0.2, -0.15) is 0 Å². The van der Waals surface area contributed by atoms with E-state index in [0.29, 0.717) is 17.9 Å². The van der Waals surface area contributed by atoms with Crippen LogP contribution < -0.4 is 4.74 Å². The lowest BCUT2D eigenvalue weighted by Gasteiger charge is -2.40. The highest BCUT2D eigenvalue weighted by Crippen LogP contribution is 2.24. The molecule has 0 spiro atoms. The maximum absolute atomic E-state index is 12.8. The molecule has 154 valence electrons. The number of carbonyl (C=O) groups excluding carboxylic acids is 2. The van der Waals surface area contributed by atoms with Gasteiger partial charge in [0.2, 0.25) is 0 Å². The first-order valence-corrected chi connectivity index (χ1v) is 10.3. The lowest BCUT2D eigenvalue weighted by atomic mass is 9.97. The summed E-state index contributed by atoms with van der Waals surface area (Å²) in [7, 11) is 0. The van der Waals surface area contributed by atoms with Gasteiger partial charge in [-0.15, -0.1) is 0 Å². The van der Waals surface area contributed by atoms with Gasteiger partial charge in [-0.25, -0.2) is 4.79 Å². The molecule has 1 amide bonds. The van der Waals surface area contributed by atoms with Crippen molar-refractivity contribution in [3.63, 3.8) is 0 Å². The molecule has 0 bridgehead atoms. The smallest absolute Gasteiger partial charge is 0.338 e. The number of ether oxygens (including phenoxy) is 2. The number of nitrogens with zero attached hydrogens (tertiary/aromatic N) is 1. The summed E-state index contributed by atoms with van der Waals surface area (Å²) in [6.07, 6.45) is 2.29. The normalized spacial score (nSPS) is 20.0. The van der Waals surface area contributed by atoms with Gasteiger partial charge < -0.3 is 14.4 Å². The molecule has 3 rings (SSSR count). The standard InChI is InChI=1S/C24H29NO4/c1-17-8-7-9-18(2)25(17)23(26)19(3)29-24(27)21-12-14-22(15-13-21)28-16-20-10-5-4-6-11-20/h4-6,10-15,17-19H,7-9,16H2,1-3H3/t17-,18-,19-/m1/s1. The van der Waals surface area contributed by atoms with Crippen molar-refractivity contribution in [1.29, 1.82) is 0 Å². The first-order chi connectivity index (χ1) is 14.0. The van der Waals surface area contributed by atoms with Crippen molar-refractivity contribution in [2.45, 2.75) is 64.8 Å². The number of rotatable bonds is 6. The summed E-state index contributed by atoms with van der Waals surface area (Å²) in [5, 5.41) is 0. The van der Waals surface area contributed by atoms with Crippen LogP contribution in [0.5, 0.6) is 5.75 Å². The Morgan fingerprint density at radius 3 is 2.24 bits per heavy atom. The minimum absolute atomic E-state index is 0.124. The van der Waals surface area contributed by atoms with E-state index >= 15 is 0 Å². The molecule has 2 aromatic carbocycles. The molecule has 1 saturated heterocycles.